The SMILES string of the molecule is COC(=O)[C@@H]1O[C@@H]1COc1cc(Br)ccc1NC(=O)OCc1ccccc1. The molecule has 0 aromatic heterocycles. The van der Waals surface area contributed by atoms with E-state index in [1.807, 2.05) is 30.3 Å². The van der Waals surface area contributed by atoms with Crippen LogP contribution < -0.4 is 10.1 Å². The third-order valence-corrected chi connectivity index (χ3v) is 4.31. The number of esters is 1. The Labute approximate surface area is 164 Å². The number of nitrogens with one attached hydrogen (secondary N) is 1. The number of epoxide rings is 1. The number of ether oxygens (including phenoxy) is 4. The van der Waals surface area contributed by atoms with Gasteiger partial charge in [0.2, 0.25) is 0 Å². The molecular formula is C19H18BrNO6. The summed E-state index contributed by atoms with van der Waals surface area (Å²) in [7, 11) is 1.30. The highest BCUT2D eigenvalue weighted by atomic mass is 79.9. The lowest BCUT2D eigenvalue weighted by Crippen LogP contribution is -2.17. The second-order valence-corrected chi connectivity index (χ2v) is 6.67. The van der Waals surface area contributed by atoms with Gasteiger partial charge in [0.1, 0.15) is 25.1 Å². The highest BCUT2D eigenvalue weighted by Gasteiger charge is 2.46. The van der Waals surface area contributed by atoms with Gasteiger partial charge in [-0.05, 0) is 23.8 Å². The van der Waals surface area contributed by atoms with Gasteiger partial charge in [-0.2, -0.15) is 0 Å². The maximum absolute atomic E-state index is 12.1. The summed E-state index contributed by atoms with van der Waals surface area (Å²) < 4.78 is 21.5. The third kappa shape index (κ3) is 5.45. The molecular weight excluding hydrogens is 418 g/mol. The molecule has 27 heavy (non-hydrogen) atoms. The average molecular weight is 436 g/mol. The van der Waals surface area contributed by atoms with Crippen LogP contribution in [0.2, 0.25) is 0 Å². The number of benzene rings is 2. The van der Waals surface area contributed by atoms with Crippen molar-refractivity contribution >= 4 is 33.7 Å². The van der Waals surface area contributed by atoms with Gasteiger partial charge in [0, 0.05) is 4.47 Å². The maximum atomic E-state index is 12.1. The van der Waals surface area contributed by atoms with Gasteiger partial charge in [-0.3, -0.25) is 5.32 Å². The summed E-state index contributed by atoms with van der Waals surface area (Å²) in [6.45, 7) is 0.320. The monoisotopic (exact) mass is 435 g/mol. The molecule has 0 saturated carbocycles. The Morgan fingerprint density at radius 3 is 2.70 bits per heavy atom. The standard InChI is InChI=1S/C19H18BrNO6/c1-24-18(22)17-16(27-17)11-25-15-9-13(20)7-8-14(15)21-19(23)26-10-12-5-3-2-4-6-12/h2-9,16-17H,10-11H2,1H3,(H,21,23)/t16-,17-/m1/s1. The van der Waals surface area contributed by atoms with Crippen molar-refractivity contribution in [3.63, 3.8) is 0 Å². The average Bonchev–Trinajstić information content (AvgIpc) is 3.46. The van der Waals surface area contributed by atoms with Crippen molar-refractivity contribution in [2.24, 2.45) is 0 Å². The van der Waals surface area contributed by atoms with Crippen molar-refractivity contribution in [3.05, 3.63) is 58.6 Å². The van der Waals surface area contributed by atoms with Crippen molar-refractivity contribution in [1.29, 1.82) is 0 Å². The number of halogens is 1. The normalized spacial score (nSPS) is 17.7. The van der Waals surface area contributed by atoms with Crippen LogP contribution in [0.4, 0.5) is 10.5 Å². The van der Waals surface area contributed by atoms with Crippen LogP contribution in [0.25, 0.3) is 0 Å². The van der Waals surface area contributed by atoms with Gasteiger partial charge < -0.3 is 18.9 Å². The molecule has 2 aromatic rings. The van der Waals surface area contributed by atoms with Crippen LogP contribution in [-0.4, -0.2) is 38.0 Å². The minimum absolute atomic E-state index is 0.157. The van der Waals surface area contributed by atoms with Gasteiger partial charge in [-0.1, -0.05) is 46.3 Å². The second-order valence-electron chi connectivity index (χ2n) is 5.76. The van der Waals surface area contributed by atoms with Crippen molar-refractivity contribution < 1.29 is 28.5 Å². The third-order valence-electron chi connectivity index (χ3n) is 3.81. The predicted octanol–water partition coefficient (Wildman–Crippen LogP) is 3.52. The van der Waals surface area contributed by atoms with E-state index in [1.54, 1.807) is 18.2 Å². The minimum Gasteiger partial charge on any atom is -0.489 e. The van der Waals surface area contributed by atoms with E-state index < -0.39 is 18.2 Å². The van der Waals surface area contributed by atoms with Crippen LogP contribution in [-0.2, 0) is 25.6 Å². The van der Waals surface area contributed by atoms with E-state index in [1.165, 1.54) is 7.11 Å². The van der Waals surface area contributed by atoms with Gasteiger partial charge in [-0.15, -0.1) is 0 Å². The Bertz CT molecular complexity index is 813. The first kappa shape index (κ1) is 19.2. The van der Waals surface area contributed by atoms with E-state index in [0.29, 0.717) is 11.4 Å². The molecule has 8 heteroatoms. The van der Waals surface area contributed by atoms with E-state index in [0.717, 1.165) is 10.0 Å². The molecule has 1 N–H and O–H groups in total. The first-order valence-electron chi connectivity index (χ1n) is 8.20. The number of carbonyl (C=O) groups is 2. The van der Waals surface area contributed by atoms with E-state index in [9.17, 15) is 9.59 Å². The topological polar surface area (TPSA) is 86.4 Å². The quantitative estimate of drug-likeness (QED) is 0.528. The summed E-state index contributed by atoms with van der Waals surface area (Å²) >= 11 is 3.36. The zero-order chi connectivity index (χ0) is 19.2. The molecule has 3 rings (SSSR count). The van der Waals surface area contributed by atoms with Gasteiger partial charge in [0.05, 0.1) is 12.8 Å². The zero-order valence-electron chi connectivity index (χ0n) is 14.5. The molecule has 1 amide bonds. The fourth-order valence-electron chi connectivity index (χ4n) is 2.35. The van der Waals surface area contributed by atoms with Crippen LogP contribution in [0, 0.1) is 0 Å². The van der Waals surface area contributed by atoms with Crippen molar-refractivity contribution in [2.75, 3.05) is 19.0 Å². The number of carbonyl (C=O) groups excluding carboxylic acids is 2. The molecule has 1 aliphatic rings. The minimum atomic E-state index is -0.602. The molecule has 1 saturated heterocycles. The molecule has 1 fully saturated rings. The number of anilines is 1. The molecule has 142 valence electrons. The van der Waals surface area contributed by atoms with Crippen LogP contribution in [0.15, 0.2) is 53.0 Å². The number of hydrogen-bond acceptors (Lipinski definition) is 6. The molecule has 0 spiro atoms. The molecule has 0 bridgehead atoms. The van der Waals surface area contributed by atoms with Crippen LogP contribution in [0.3, 0.4) is 0 Å². The van der Waals surface area contributed by atoms with Crippen molar-refractivity contribution in [1.82, 2.24) is 0 Å². The number of methoxy groups -OCH3 is 1. The Kier molecular flexibility index (Phi) is 6.31. The fraction of sp³-hybridized carbons (Fsp3) is 0.263. The summed E-state index contributed by atoms with van der Waals surface area (Å²) in [6, 6.07) is 14.5. The van der Waals surface area contributed by atoms with Crippen molar-refractivity contribution in [2.45, 2.75) is 18.8 Å². The van der Waals surface area contributed by atoms with E-state index in [-0.39, 0.29) is 19.3 Å². The Hall–Kier alpha value is -2.58. The lowest BCUT2D eigenvalue weighted by molar-refractivity contribution is -0.142. The first-order valence-corrected chi connectivity index (χ1v) is 8.99. The molecule has 2 aromatic carbocycles. The van der Waals surface area contributed by atoms with E-state index in [4.69, 9.17) is 14.2 Å². The molecule has 2 atom stereocenters. The van der Waals surface area contributed by atoms with Crippen LogP contribution in [0.5, 0.6) is 5.75 Å². The number of amides is 1. The Morgan fingerprint density at radius 1 is 1.19 bits per heavy atom. The largest absolute Gasteiger partial charge is 0.489 e. The number of rotatable bonds is 7. The Balaban J connectivity index is 1.55. The molecule has 0 unspecified atom stereocenters. The highest BCUT2D eigenvalue weighted by molar-refractivity contribution is 9.10. The van der Waals surface area contributed by atoms with Gasteiger partial charge in [-0.25, -0.2) is 9.59 Å². The summed E-state index contributed by atoms with van der Waals surface area (Å²) in [6.07, 6.45) is -1.56. The van der Waals surface area contributed by atoms with Crippen LogP contribution >= 0.6 is 15.9 Å². The second kappa shape index (κ2) is 8.88. The summed E-state index contributed by atoms with van der Waals surface area (Å²) in [5.74, 6) is 0.000771. The molecule has 1 aliphatic heterocycles. The molecule has 0 radical (unpaired) electrons. The maximum Gasteiger partial charge on any atom is 0.412 e. The fourth-order valence-corrected chi connectivity index (χ4v) is 2.69. The Morgan fingerprint density at radius 2 is 1.96 bits per heavy atom. The summed E-state index contributed by atoms with van der Waals surface area (Å²) in [5.41, 5.74) is 1.34. The number of hydrogen-bond donors (Lipinski definition) is 1. The summed E-state index contributed by atoms with van der Waals surface area (Å²) in [4.78, 5) is 23.4. The van der Waals surface area contributed by atoms with Crippen molar-refractivity contribution in [3.8, 4) is 5.75 Å². The first-order chi connectivity index (χ1) is 13.1. The molecule has 0 aliphatic carbocycles. The molecule has 7 nitrogen and oxygen atoms in total. The highest BCUT2D eigenvalue weighted by Crippen LogP contribution is 2.31. The predicted molar refractivity (Wildman–Crippen MR) is 101 cm³/mol. The smallest absolute Gasteiger partial charge is 0.412 e. The zero-order valence-corrected chi connectivity index (χ0v) is 16.1. The van der Waals surface area contributed by atoms with Gasteiger partial charge >= 0.3 is 12.1 Å². The molecule has 1 heterocycles. The van der Waals surface area contributed by atoms with Crippen LogP contribution in [0.1, 0.15) is 5.56 Å². The lowest BCUT2D eigenvalue weighted by Gasteiger charge is -2.13. The lowest BCUT2D eigenvalue weighted by atomic mass is 10.2. The van der Waals surface area contributed by atoms with E-state index in [2.05, 4.69) is 26.0 Å². The van der Waals surface area contributed by atoms with Gasteiger partial charge in [0.25, 0.3) is 0 Å². The van der Waals surface area contributed by atoms with E-state index >= 15 is 0 Å². The summed E-state index contributed by atoms with van der Waals surface area (Å²) in [5, 5.41) is 2.66. The van der Waals surface area contributed by atoms with Gasteiger partial charge in [0.15, 0.2) is 6.10 Å².